The van der Waals surface area contributed by atoms with Crippen molar-refractivity contribution in [3.63, 3.8) is 0 Å². The van der Waals surface area contributed by atoms with Gasteiger partial charge in [-0.05, 0) is 12.1 Å². The highest BCUT2D eigenvalue weighted by molar-refractivity contribution is 5.93. The summed E-state index contributed by atoms with van der Waals surface area (Å²) < 4.78 is 14.5. The lowest BCUT2D eigenvalue weighted by molar-refractivity contribution is 0.0698. The quantitative estimate of drug-likeness (QED) is 0.552. The summed E-state index contributed by atoms with van der Waals surface area (Å²) >= 11 is 0. The molecule has 5 heteroatoms. The zero-order valence-electron chi connectivity index (χ0n) is 8.48. The topological polar surface area (TPSA) is 88.0 Å². The number of anilines is 1. The van der Waals surface area contributed by atoms with Crippen LogP contribution in [0.2, 0.25) is 0 Å². The van der Waals surface area contributed by atoms with Crippen LogP contribution in [0.5, 0.6) is 0 Å². The van der Waals surface area contributed by atoms with E-state index < -0.39 is 12.6 Å². The van der Waals surface area contributed by atoms with Gasteiger partial charge < -0.3 is 10.8 Å². The molecule has 0 saturated carbocycles. The lowest BCUT2D eigenvalue weighted by Gasteiger charge is -1.97. The molecule has 0 amide bonds. The standard InChI is InChI=1S/C8H7N3O2/c9-5-2-7-6(10-3-11-7)1-4(5)8(12)13/h1-2H,3,9H2,(H,12,13)/i3D2. The molecule has 1 aromatic rings. The van der Waals surface area contributed by atoms with Crippen molar-refractivity contribution in [3.05, 3.63) is 28.4 Å². The Morgan fingerprint density at radius 3 is 2.77 bits per heavy atom. The van der Waals surface area contributed by atoms with E-state index in [1.165, 1.54) is 12.1 Å². The molecule has 3 N–H and O–H groups in total. The van der Waals surface area contributed by atoms with Crippen molar-refractivity contribution in [2.75, 3.05) is 12.4 Å². The summed E-state index contributed by atoms with van der Waals surface area (Å²) in [6.45, 7) is -2.02. The molecule has 0 atom stereocenters. The zero-order valence-corrected chi connectivity index (χ0v) is 6.48. The van der Waals surface area contributed by atoms with Gasteiger partial charge in [-0.15, -0.1) is 0 Å². The van der Waals surface area contributed by atoms with Crippen molar-refractivity contribution in [1.29, 1.82) is 0 Å². The SMILES string of the molecule is [2H]C1([2H])N=c2cc(N)c(C(=O)O)cc2=N1. The predicted octanol–water partition coefficient (Wildman–Crippen LogP) is -0.823. The number of rotatable bonds is 1. The summed E-state index contributed by atoms with van der Waals surface area (Å²) in [5.74, 6) is -1.17. The highest BCUT2D eigenvalue weighted by atomic mass is 16.4. The molecule has 0 aliphatic carbocycles. The Labute approximate surface area is 76.1 Å². The van der Waals surface area contributed by atoms with E-state index in [2.05, 4.69) is 9.98 Å². The van der Waals surface area contributed by atoms with Gasteiger partial charge in [0.1, 0.15) is 6.62 Å². The van der Waals surface area contributed by atoms with E-state index in [0.717, 1.165) is 0 Å². The van der Waals surface area contributed by atoms with Gasteiger partial charge in [-0.3, -0.25) is 9.98 Å². The normalized spacial score (nSPS) is 19.1. The maximum absolute atomic E-state index is 10.7. The molecule has 0 radical (unpaired) electrons. The van der Waals surface area contributed by atoms with Crippen LogP contribution in [0.15, 0.2) is 22.1 Å². The molecular formula is C8H7N3O2. The summed E-state index contributed by atoms with van der Waals surface area (Å²) in [4.78, 5) is 18.0. The van der Waals surface area contributed by atoms with Gasteiger partial charge in [0, 0.05) is 5.69 Å². The van der Waals surface area contributed by atoms with Gasteiger partial charge in [-0.1, -0.05) is 0 Å². The van der Waals surface area contributed by atoms with Gasteiger partial charge in [-0.25, -0.2) is 4.79 Å². The largest absolute Gasteiger partial charge is 0.478 e. The average Bonchev–Trinajstić information content (AvgIpc) is 2.36. The maximum Gasteiger partial charge on any atom is 0.337 e. The van der Waals surface area contributed by atoms with E-state index in [4.69, 9.17) is 13.6 Å². The summed E-state index contributed by atoms with van der Waals surface area (Å²) in [7, 11) is 0. The van der Waals surface area contributed by atoms with Gasteiger partial charge in [0.25, 0.3) is 0 Å². The first kappa shape index (κ1) is 5.69. The van der Waals surface area contributed by atoms with Crippen LogP contribution in [-0.4, -0.2) is 17.7 Å². The average molecular weight is 179 g/mol. The molecule has 1 aliphatic rings. The van der Waals surface area contributed by atoms with Gasteiger partial charge in [0.15, 0.2) is 0 Å². The fraction of sp³-hybridized carbons (Fsp3) is 0.125. The Morgan fingerprint density at radius 2 is 2.15 bits per heavy atom. The van der Waals surface area contributed by atoms with Gasteiger partial charge >= 0.3 is 5.97 Å². The molecule has 5 nitrogen and oxygen atoms in total. The minimum absolute atomic E-state index is 0.0536. The van der Waals surface area contributed by atoms with Gasteiger partial charge in [0.2, 0.25) is 0 Å². The second kappa shape index (κ2) is 2.55. The molecule has 13 heavy (non-hydrogen) atoms. The third-order valence-electron chi connectivity index (χ3n) is 1.72. The summed E-state index contributed by atoms with van der Waals surface area (Å²) in [5.41, 5.74) is 5.44. The molecule has 2 rings (SSSR count). The number of carboxylic acid groups (broad SMARTS) is 1. The van der Waals surface area contributed by atoms with E-state index in [1.807, 2.05) is 0 Å². The number of nitrogen functional groups attached to an aromatic ring is 1. The Hall–Kier alpha value is -1.91. The number of nitrogens with two attached hydrogens (primary N) is 1. The molecule has 1 heterocycles. The first-order chi connectivity index (χ1) is 6.89. The third kappa shape index (κ3) is 1.14. The monoisotopic (exact) mass is 179 g/mol. The number of carboxylic acids is 1. The molecule has 66 valence electrons. The van der Waals surface area contributed by atoms with E-state index in [0.29, 0.717) is 0 Å². The van der Waals surface area contributed by atoms with Crippen molar-refractivity contribution in [3.8, 4) is 0 Å². The second-order valence-corrected chi connectivity index (χ2v) is 2.56. The van der Waals surface area contributed by atoms with E-state index in [1.54, 1.807) is 0 Å². The number of benzene rings is 1. The minimum atomic E-state index is -2.02. The van der Waals surface area contributed by atoms with Crippen LogP contribution < -0.4 is 16.4 Å². The predicted molar refractivity (Wildman–Crippen MR) is 45.0 cm³/mol. The number of aromatic carboxylic acids is 1. The van der Waals surface area contributed by atoms with Gasteiger partial charge in [-0.2, -0.15) is 0 Å². The highest BCUT2D eigenvalue weighted by Crippen LogP contribution is 2.05. The molecule has 0 fully saturated rings. The number of nitrogens with zero attached hydrogens (tertiary/aromatic N) is 2. The molecule has 0 bridgehead atoms. The molecule has 1 aromatic carbocycles. The van der Waals surface area contributed by atoms with Crippen molar-refractivity contribution in [2.24, 2.45) is 9.98 Å². The van der Waals surface area contributed by atoms with Crippen molar-refractivity contribution in [2.45, 2.75) is 0 Å². The van der Waals surface area contributed by atoms with E-state index in [9.17, 15) is 4.79 Å². The van der Waals surface area contributed by atoms with Crippen molar-refractivity contribution < 1.29 is 12.6 Å². The molecule has 1 aliphatic heterocycles. The molecule has 0 saturated heterocycles. The molecule has 0 spiro atoms. The minimum Gasteiger partial charge on any atom is -0.478 e. The molecule has 0 unspecified atom stereocenters. The number of hydrogen-bond donors (Lipinski definition) is 2. The second-order valence-electron chi connectivity index (χ2n) is 2.56. The van der Waals surface area contributed by atoms with Crippen LogP contribution in [0.3, 0.4) is 0 Å². The van der Waals surface area contributed by atoms with Gasteiger partial charge in [0.05, 0.1) is 19.0 Å². The maximum atomic E-state index is 10.7. The first-order valence-corrected chi connectivity index (χ1v) is 3.52. The van der Waals surface area contributed by atoms with Crippen molar-refractivity contribution >= 4 is 11.7 Å². The summed E-state index contributed by atoms with van der Waals surface area (Å²) in [6.07, 6.45) is 0. The van der Waals surface area contributed by atoms with Crippen LogP contribution in [0.25, 0.3) is 0 Å². The van der Waals surface area contributed by atoms with Crippen LogP contribution in [0, 0.1) is 0 Å². The summed E-state index contributed by atoms with van der Waals surface area (Å²) in [6, 6.07) is 2.54. The Bertz CT molecular complexity index is 568. The van der Waals surface area contributed by atoms with Crippen LogP contribution in [0.4, 0.5) is 5.69 Å². The van der Waals surface area contributed by atoms with E-state index in [-0.39, 0.29) is 22.0 Å². The van der Waals surface area contributed by atoms with E-state index >= 15 is 0 Å². The zero-order chi connectivity index (χ0) is 11.2. The third-order valence-corrected chi connectivity index (χ3v) is 1.72. The van der Waals surface area contributed by atoms with Crippen molar-refractivity contribution in [1.82, 2.24) is 0 Å². The van der Waals surface area contributed by atoms with Crippen LogP contribution in [-0.2, 0) is 0 Å². The molecular weight excluding hydrogens is 170 g/mol. The lowest BCUT2D eigenvalue weighted by Crippen LogP contribution is -2.24. The van der Waals surface area contributed by atoms with Crippen LogP contribution >= 0.6 is 0 Å². The van der Waals surface area contributed by atoms with Crippen LogP contribution in [0.1, 0.15) is 13.1 Å². The molecule has 0 aromatic heterocycles. The smallest absolute Gasteiger partial charge is 0.337 e. The number of hydrogen-bond acceptors (Lipinski definition) is 4. The fourth-order valence-corrected chi connectivity index (χ4v) is 1.09. The Kier molecular flexibility index (Phi) is 1.11. The number of carbonyl (C=O) groups is 1. The number of fused-ring (bicyclic) bond motifs is 1. The first-order valence-electron chi connectivity index (χ1n) is 4.52. The fourth-order valence-electron chi connectivity index (χ4n) is 1.09. The Balaban J connectivity index is 2.76. The highest BCUT2D eigenvalue weighted by Gasteiger charge is 2.09. The summed E-state index contributed by atoms with van der Waals surface area (Å²) in [5, 5.41) is 9.28. The lowest BCUT2D eigenvalue weighted by atomic mass is 10.1. The Morgan fingerprint density at radius 1 is 1.54 bits per heavy atom.